The molecule has 0 heterocycles. The van der Waals surface area contributed by atoms with E-state index in [1.54, 1.807) is 19.1 Å². The molecule has 0 amide bonds. The van der Waals surface area contributed by atoms with E-state index in [0.717, 1.165) is 12.7 Å². The van der Waals surface area contributed by atoms with Gasteiger partial charge in [0.05, 0.1) is 12.7 Å². The molecule has 1 unspecified atom stereocenters. The van der Waals surface area contributed by atoms with Gasteiger partial charge in [0.2, 0.25) is 0 Å². The molecule has 1 atom stereocenters. The van der Waals surface area contributed by atoms with Gasteiger partial charge in [-0.1, -0.05) is 17.7 Å². The number of hydrogen-bond donors (Lipinski definition) is 1. The number of aryl methyl sites for hydroxylation is 1. The Balaban J connectivity index is 2.75. The van der Waals surface area contributed by atoms with Crippen molar-refractivity contribution in [3.05, 3.63) is 35.4 Å². The minimum atomic E-state index is -4.83. The second-order valence-electron chi connectivity index (χ2n) is 3.26. The van der Waals surface area contributed by atoms with Crippen LogP contribution >= 0.6 is 7.82 Å². The van der Waals surface area contributed by atoms with Gasteiger partial charge < -0.3 is 13.8 Å². The highest BCUT2D eigenvalue weighted by atomic mass is 31.2. The Labute approximate surface area is 103 Å². The third-order valence-electron chi connectivity index (χ3n) is 1.81. The first-order valence-electron chi connectivity index (χ1n) is 4.75. The predicted molar refractivity (Wildman–Crippen MR) is 59.9 cm³/mol. The number of benzene rings is 1. The largest absolute Gasteiger partial charge is 0.591 e. The topological polar surface area (TPSA) is 99.1 Å². The van der Waals surface area contributed by atoms with Crippen molar-refractivity contribution in [1.82, 2.24) is 0 Å². The quantitative estimate of drug-likeness (QED) is 0.664. The predicted octanol–water partition coefficient (Wildman–Crippen LogP) is 2.04. The maximum absolute atomic E-state index is 11.5. The van der Waals surface area contributed by atoms with E-state index in [1.165, 1.54) is 12.1 Å². The Bertz CT molecular complexity index is 511. The molecular weight excluding hydrogens is 263 g/mol. The van der Waals surface area contributed by atoms with E-state index in [2.05, 4.69) is 13.8 Å². The standard InChI is InChI=1S/C10H11O7P/c1-7-4-3-5-8(6-7)9(11)16-18(13,14)17-10(12)15-2/h3-6H,1-2H3,(H,13,14). The summed E-state index contributed by atoms with van der Waals surface area (Å²) in [4.78, 5) is 31.2. The van der Waals surface area contributed by atoms with Crippen molar-refractivity contribution in [3.8, 4) is 0 Å². The molecule has 1 N–H and O–H groups in total. The van der Waals surface area contributed by atoms with Crippen LogP contribution in [-0.2, 0) is 18.3 Å². The molecule has 0 fully saturated rings. The molecule has 0 spiro atoms. The van der Waals surface area contributed by atoms with Gasteiger partial charge in [-0.25, -0.2) is 14.2 Å². The molecule has 1 rings (SSSR count). The monoisotopic (exact) mass is 274 g/mol. The third-order valence-corrected chi connectivity index (χ3v) is 2.58. The fourth-order valence-electron chi connectivity index (χ4n) is 1.08. The number of ether oxygens (including phenoxy) is 1. The summed E-state index contributed by atoms with van der Waals surface area (Å²) in [6, 6.07) is 6.17. The second kappa shape index (κ2) is 5.66. The molecule has 1 aromatic carbocycles. The van der Waals surface area contributed by atoms with Crippen molar-refractivity contribution in [2.45, 2.75) is 6.92 Å². The molecule has 0 aliphatic rings. The lowest BCUT2D eigenvalue weighted by Gasteiger charge is -2.10. The fraction of sp³-hybridized carbons (Fsp3) is 0.200. The van der Waals surface area contributed by atoms with Gasteiger partial charge in [0, 0.05) is 0 Å². The maximum Gasteiger partial charge on any atom is 0.591 e. The summed E-state index contributed by atoms with van der Waals surface area (Å²) in [7, 11) is -3.88. The highest BCUT2D eigenvalue weighted by Crippen LogP contribution is 2.44. The molecule has 0 aromatic heterocycles. The first kappa shape index (κ1) is 14.2. The van der Waals surface area contributed by atoms with Gasteiger partial charge >= 0.3 is 19.9 Å². The number of rotatable bonds is 3. The molecule has 98 valence electrons. The van der Waals surface area contributed by atoms with Crippen molar-refractivity contribution in [2.24, 2.45) is 0 Å². The van der Waals surface area contributed by atoms with Crippen LogP contribution in [-0.4, -0.2) is 24.1 Å². The minimum absolute atomic E-state index is 0.0674. The lowest BCUT2D eigenvalue weighted by Crippen LogP contribution is -2.09. The zero-order valence-electron chi connectivity index (χ0n) is 9.65. The van der Waals surface area contributed by atoms with Gasteiger partial charge in [-0.2, -0.15) is 0 Å². The highest BCUT2D eigenvalue weighted by Gasteiger charge is 2.31. The first-order chi connectivity index (χ1) is 8.34. The summed E-state index contributed by atoms with van der Waals surface area (Å²) in [6.45, 7) is 1.74. The summed E-state index contributed by atoms with van der Waals surface area (Å²) in [5, 5.41) is 0. The highest BCUT2D eigenvalue weighted by molar-refractivity contribution is 7.48. The minimum Gasteiger partial charge on any atom is -0.437 e. The third kappa shape index (κ3) is 4.20. The SMILES string of the molecule is COC(=O)OP(=O)(O)OC(=O)c1cccc(C)c1. The van der Waals surface area contributed by atoms with Gasteiger partial charge in [0.15, 0.2) is 0 Å². The first-order valence-corrected chi connectivity index (χ1v) is 6.24. The zero-order valence-corrected chi connectivity index (χ0v) is 10.5. The molecule has 0 aliphatic heterocycles. The van der Waals surface area contributed by atoms with Gasteiger partial charge in [0.25, 0.3) is 0 Å². The number of phosphoric ester groups is 1. The van der Waals surface area contributed by atoms with E-state index in [1.807, 2.05) is 0 Å². The molecular formula is C10H11O7P. The normalized spacial score (nSPS) is 13.3. The van der Waals surface area contributed by atoms with Crippen LogP contribution in [0.25, 0.3) is 0 Å². The fourth-order valence-corrected chi connectivity index (χ4v) is 1.69. The van der Waals surface area contributed by atoms with Gasteiger partial charge in [-0.15, -0.1) is 0 Å². The Morgan fingerprint density at radius 1 is 1.28 bits per heavy atom. The molecule has 8 heteroatoms. The summed E-state index contributed by atoms with van der Waals surface area (Å²) >= 11 is 0. The average molecular weight is 274 g/mol. The Hall–Kier alpha value is -1.85. The zero-order chi connectivity index (χ0) is 13.8. The van der Waals surface area contributed by atoms with Crippen LogP contribution in [0.3, 0.4) is 0 Å². The lowest BCUT2D eigenvalue weighted by atomic mass is 10.1. The Kier molecular flexibility index (Phi) is 4.47. The van der Waals surface area contributed by atoms with E-state index in [9.17, 15) is 14.2 Å². The molecule has 0 radical (unpaired) electrons. The number of hydrogen-bond acceptors (Lipinski definition) is 6. The van der Waals surface area contributed by atoms with E-state index in [4.69, 9.17) is 4.89 Å². The van der Waals surface area contributed by atoms with Gasteiger partial charge in [0.1, 0.15) is 0 Å². The number of carbonyl (C=O) groups is 2. The smallest absolute Gasteiger partial charge is 0.437 e. The van der Waals surface area contributed by atoms with Crippen molar-refractivity contribution in [2.75, 3.05) is 7.11 Å². The molecule has 7 nitrogen and oxygen atoms in total. The molecule has 0 saturated carbocycles. The second-order valence-corrected chi connectivity index (χ2v) is 4.56. The number of methoxy groups -OCH3 is 1. The summed E-state index contributed by atoms with van der Waals surface area (Å²) in [5.41, 5.74) is 0.837. The molecule has 0 bridgehead atoms. The van der Waals surface area contributed by atoms with Crippen molar-refractivity contribution in [3.63, 3.8) is 0 Å². The molecule has 18 heavy (non-hydrogen) atoms. The summed E-state index contributed by atoms with van der Waals surface area (Å²) in [6.07, 6.45) is -1.42. The van der Waals surface area contributed by atoms with Gasteiger partial charge in [-0.3, -0.25) is 4.89 Å². The van der Waals surface area contributed by atoms with Crippen molar-refractivity contribution < 1.29 is 32.8 Å². The van der Waals surface area contributed by atoms with E-state index in [-0.39, 0.29) is 5.56 Å². The van der Waals surface area contributed by atoms with Crippen LogP contribution in [0.1, 0.15) is 15.9 Å². The summed E-state index contributed by atoms with van der Waals surface area (Å²) < 4.78 is 23.4. The van der Waals surface area contributed by atoms with Crippen molar-refractivity contribution in [1.29, 1.82) is 0 Å². The molecule has 0 saturated heterocycles. The van der Waals surface area contributed by atoms with Crippen molar-refractivity contribution >= 4 is 19.9 Å². The number of phosphoric acid groups is 1. The van der Waals surface area contributed by atoms with Crippen LogP contribution in [0, 0.1) is 6.92 Å². The maximum atomic E-state index is 11.5. The van der Waals surface area contributed by atoms with E-state index >= 15 is 0 Å². The van der Waals surface area contributed by atoms with E-state index in [0.29, 0.717) is 0 Å². The van der Waals surface area contributed by atoms with Crippen LogP contribution in [0.15, 0.2) is 24.3 Å². The van der Waals surface area contributed by atoms with E-state index < -0.39 is 19.9 Å². The van der Waals surface area contributed by atoms with Crippen LogP contribution in [0.4, 0.5) is 4.79 Å². The Morgan fingerprint density at radius 3 is 2.50 bits per heavy atom. The number of carbonyl (C=O) groups excluding carboxylic acids is 2. The lowest BCUT2D eigenvalue weighted by molar-refractivity contribution is 0.0623. The summed E-state index contributed by atoms with van der Waals surface area (Å²) in [5.74, 6) is -1.08. The average Bonchev–Trinajstić information content (AvgIpc) is 2.27. The molecule has 1 aromatic rings. The van der Waals surface area contributed by atoms with Crippen LogP contribution in [0.2, 0.25) is 0 Å². The molecule has 0 aliphatic carbocycles. The van der Waals surface area contributed by atoms with Gasteiger partial charge in [-0.05, 0) is 19.1 Å². The van der Waals surface area contributed by atoms with Crippen LogP contribution in [0.5, 0.6) is 0 Å². The van der Waals surface area contributed by atoms with Crippen LogP contribution < -0.4 is 0 Å². The Morgan fingerprint density at radius 2 is 1.94 bits per heavy atom.